The van der Waals surface area contributed by atoms with E-state index in [1.165, 1.54) is 164 Å². The zero-order valence-corrected chi connectivity index (χ0v) is 46.0. The molecule has 0 spiro atoms. The second-order valence-corrected chi connectivity index (χ2v) is 22.6. The van der Waals surface area contributed by atoms with E-state index in [9.17, 15) is 0 Å². The van der Waals surface area contributed by atoms with Crippen molar-refractivity contribution in [2.45, 2.75) is 0 Å². The van der Waals surface area contributed by atoms with Gasteiger partial charge in [0.2, 0.25) is 0 Å². The first-order chi connectivity index (χ1) is 41.7. The maximum Gasteiger partial charge on any atom is -0.00199 e. The SMILES string of the molecule is c1ccc(-c2cc(-c3ccccc3)cc(-c3c4ccccc4c(-c4cccc5ccccc45)c4ccc(-c5ccc6c(-c7ccccc7-c7ccccc7)c7ccccc7c(-c7ccc8ccc9cccc%10ccc7c8c9%10)c6c5)cc34)c2)cc1. The lowest BCUT2D eigenvalue weighted by atomic mass is 9.81. The molecule has 0 heteroatoms. The summed E-state index contributed by atoms with van der Waals surface area (Å²) in [4.78, 5) is 0. The molecule has 0 aromatic heterocycles. The summed E-state index contributed by atoms with van der Waals surface area (Å²) in [7, 11) is 0. The van der Waals surface area contributed by atoms with Crippen LogP contribution in [0.3, 0.4) is 0 Å². The van der Waals surface area contributed by atoms with E-state index in [1.807, 2.05) is 0 Å². The highest BCUT2D eigenvalue weighted by molar-refractivity contribution is 6.30. The Morgan fingerprint density at radius 3 is 1.12 bits per heavy atom. The molecule has 17 rings (SSSR count). The minimum absolute atomic E-state index is 1.16. The number of rotatable bonds is 8. The van der Waals surface area contributed by atoms with E-state index in [-0.39, 0.29) is 0 Å². The predicted octanol–water partition coefficient (Wildman–Crippen LogP) is 23.7. The average molecular weight is 1060 g/mol. The van der Waals surface area contributed by atoms with Crippen LogP contribution in [0.2, 0.25) is 0 Å². The Labute approximate surface area is 487 Å². The summed E-state index contributed by atoms with van der Waals surface area (Å²) in [6.07, 6.45) is 0. The van der Waals surface area contributed by atoms with Gasteiger partial charge < -0.3 is 0 Å². The molecule has 0 radical (unpaired) electrons. The third-order valence-electron chi connectivity index (χ3n) is 18.0. The van der Waals surface area contributed by atoms with Gasteiger partial charge in [-0.15, -0.1) is 0 Å². The van der Waals surface area contributed by atoms with Crippen molar-refractivity contribution in [3.63, 3.8) is 0 Å². The van der Waals surface area contributed by atoms with E-state index in [0.717, 1.165) is 11.1 Å². The summed E-state index contributed by atoms with van der Waals surface area (Å²) in [6.45, 7) is 0. The van der Waals surface area contributed by atoms with Crippen molar-refractivity contribution < 1.29 is 0 Å². The van der Waals surface area contributed by atoms with Crippen LogP contribution in [0.5, 0.6) is 0 Å². The Morgan fingerprint density at radius 2 is 0.500 bits per heavy atom. The van der Waals surface area contributed by atoms with Crippen LogP contribution in [0.15, 0.2) is 315 Å². The molecule has 0 fully saturated rings. The van der Waals surface area contributed by atoms with Crippen molar-refractivity contribution in [2.75, 3.05) is 0 Å². The molecule has 0 heterocycles. The van der Waals surface area contributed by atoms with E-state index in [4.69, 9.17) is 0 Å². The van der Waals surface area contributed by atoms with E-state index < -0.39 is 0 Å². The average Bonchev–Trinajstić information content (AvgIpc) is 1.02. The highest BCUT2D eigenvalue weighted by Crippen LogP contribution is 2.52. The predicted molar refractivity (Wildman–Crippen MR) is 361 cm³/mol. The number of fused-ring (bicyclic) bond motifs is 5. The fourth-order valence-electron chi connectivity index (χ4n) is 14.2. The second kappa shape index (κ2) is 19.4. The highest BCUT2D eigenvalue weighted by Gasteiger charge is 2.24. The molecular formula is C84H52. The quantitative estimate of drug-likeness (QED) is 0.105. The Hall–Kier alpha value is -10.9. The Bertz CT molecular complexity index is 5380. The molecule has 17 aromatic rings. The molecule has 0 amide bonds. The van der Waals surface area contributed by atoms with Crippen LogP contribution < -0.4 is 0 Å². The van der Waals surface area contributed by atoms with Gasteiger partial charge in [0, 0.05) is 0 Å². The molecule has 0 aliphatic heterocycles. The summed E-state index contributed by atoms with van der Waals surface area (Å²) in [5, 5.41) is 20.0. The topological polar surface area (TPSA) is 0 Å². The smallest absolute Gasteiger partial charge is 0.00199 e. The molecule has 84 heavy (non-hydrogen) atoms. The largest absolute Gasteiger partial charge is 0.0622 e. The van der Waals surface area contributed by atoms with Crippen molar-refractivity contribution in [3.8, 4) is 89.0 Å². The van der Waals surface area contributed by atoms with Crippen LogP contribution in [0.25, 0.3) is 175 Å². The van der Waals surface area contributed by atoms with Crippen molar-refractivity contribution >= 4 is 86.2 Å². The number of hydrogen-bond donors (Lipinski definition) is 0. The van der Waals surface area contributed by atoms with Crippen molar-refractivity contribution in [1.29, 1.82) is 0 Å². The van der Waals surface area contributed by atoms with E-state index in [2.05, 4.69) is 315 Å². The minimum atomic E-state index is 1.16. The molecule has 0 nitrogen and oxygen atoms in total. The maximum atomic E-state index is 2.51. The molecular weight excluding hydrogens is 1010 g/mol. The van der Waals surface area contributed by atoms with Gasteiger partial charge in [-0.25, -0.2) is 0 Å². The third kappa shape index (κ3) is 7.62. The lowest BCUT2D eigenvalue weighted by Gasteiger charge is -2.22. The van der Waals surface area contributed by atoms with Crippen molar-refractivity contribution in [3.05, 3.63) is 315 Å². The molecule has 0 unspecified atom stereocenters. The summed E-state index contributed by atoms with van der Waals surface area (Å²) >= 11 is 0. The first kappa shape index (κ1) is 47.8. The van der Waals surface area contributed by atoms with E-state index >= 15 is 0 Å². The van der Waals surface area contributed by atoms with E-state index in [1.54, 1.807) is 0 Å². The van der Waals surface area contributed by atoms with Gasteiger partial charge in [0.25, 0.3) is 0 Å². The summed E-state index contributed by atoms with van der Waals surface area (Å²) in [5.74, 6) is 0. The van der Waals surface area contributed by atoms with Crippen LogP contribution >= 0.6 is 0 Å². The fraction of sp³-hybridized carbons (Fsp3) is 0. The van der Waals surface area contributed by atoms with Gasteiger partial charge in [-0.3, -0.25) is 0 Å². The van der Waals surface area contributed by atoms with Crippen LogP contribution in [-0.2, 0) is 0 Å². The number of benzene rings is 17. The monoisotopic (exact) mass is 1060 g/mol. The molecule has 17 aromatic carbocycles. The lowest BCUT2D eigenvalue weighted by Crippen LogP contribution is -1.95. The zero-order chi connectivity index (χ0) is 55.2. The molecule has 0 saturated carbocycles. The molecule has 388 valence electrons. The fourth-order valence-corrected chi connectivity index (χ4v) is 14.2. The van der Waals surface area contributed by atoms with Gasteiger partial charge in [0.1, 0.15) is 0 Å². The second-order valence-electron chi connectivity index (χ2n) is 22.6. The Morgan fingerprint density at radius 1 is 0.131 bits per heavy atom. The zero-order valence-electron chi connectivity index (χ0n) is 46.0. The summed E-state index contributed by atoms with van der Waals surface area (Å²) in [5.41, 5.74) is 19.3. The Kier molecular flexibility index (Phi) is 11.0. The number of hydrogen-bond acceptors (Lipinski definition) is 0. The van der Waals surface area contributed by atoms with Crippen LogP contribution in [-0.4, -0.2) is 0 Å². The molecule has 0 aliphatic rings. The maximum absolute atomic E-state index is 2.51. The van der Waals surface area contributed by atoms with Gasteiger partial charge in [-0.05, 0) is 206 Å². The molecule has 0 aliphatic carbocycles. The summed E-state index contributed by atoms with van der Waals surface area (Å²) in [6, 6.07) is 118. The Balaban J connectivity index is 0.989. The van der Waals surface area contributed by atoms with Crippen LogP contribution in [0, 0.1) is 0 Å². The van der Waals surface area contributed by atoms with Gasteiger partial charge in [0.05, 0.1) is 0 Å². The minimum Gasteiger partial charge on any atom is -0.0622 e. The first-order valence-corrected chi connectivity index (χ1v) is 29.2. The van der Waals surface area contributed by atoms with Gasteiger partial charge in [0.15, 0.2) is 0 Å². The van der Waals surface area contributed by atoms with Crippen molar-refractivity contribution in [2.24, 2.45) is 0 Å². The standard InChI is InChI=1S/C84H52/c1-4-20-53(21-5-1)62-48-63(54-22-6-2-7-23-54)50-64(49-62)80-69-33-14-15-34-70(69)83(68-37-19-27-56-26-10-11-30-66(56)68)75-46-42-60(51-77(75)80)61-43-47-76-78(52-61)84(74-45-41-59-39-38-57-28-18-29-58-40-44-73(74)81(59)79(57)58)72-36-17-16-35-71(72)82(76)67-32-13-12-31-65(67)55-24-8-3-9-25-55/h1-52H. The van der Waals surface area contributed by atoms with Gasteiger partial charge in [-0.2, -0.15) is 0 Å². The summed E-state index contributed by atoms with van der Waals surface area (Å²) < 4.78 is 0. The van der Waals surface area contributed by atoms with Gasteiger partial charge >= 0.3 is 0 Å². The van der Waals surface area contributed by atoms with Crippen LogP contribution in [0.1, 0.15) is 0 Å². The lowest BCUT2D eigenvalue weighted by molar-refractivity contribution is 1.58. The first-order valence-electron chi connectivity index (χ1n) is 29.2. The van der Waals surface area contributed by atoms with Gasteiger partial charge in [-0.1, -0.05) is 285 Å². The van der Waals surface area contributed by atoms with Crippen molar-refractivity contribution in [1.82, 2.24) is 0 Å². The van der Waals surface area contributed by atoms with E-state index in [0.29, 0.717) is 0 Å². The molecule has 0 N–H and O–H groups in total. The molecule has 0 bridgehead atoms. The third-order valence-corrected chi connectivity index (χ3v) is 18.0. The highest BCUT2D eigenvalue weighted by atomic mass is 14.3. The molecule has 0 atom stereocenters. The normalized spacial score (nSPS) is 11.8. The van der Waals surface area contributed by atoms with Crippen LogP contribution in [0.4, 0.5) is 0 Å². The molecule has 0 saturated heterocycles.